The van der Waals surface area contributed by atoms with Gasteiger partial charge >= 0.3 is 5.97 Å². The lowest BCUT2D eigenvalue weighted by molar-refractivity contribution is -0.143. The first kappa shape index (κ1) is 16.2. The third-order valence-electron chi connectivity index (χ3n) is 4.61. The molecule has 1 aliphatic heterocycles. The lowest BCUT2D eigenvalue weighted by atomic mass is 9.92. The molecular weight excluding hydrogens is 314 g/mol. The minimum Gasteiger partial charge on any atom is -0.468 e. The topological polar surface area (TPSA) is 63.7 Å². The molecule has 0 N–H and O–H groups in total. The molecule has 0 radical (unpaired) electrons. The van der Waals surface area contributed by atoms with Crippen LogP contribution in [0.2, 0.25) is 0 Å². The molecule has 3 rings (SSSR count). The molecule has 1 fully saturated rings. The second-order valence-corrected chi connectivity index (χ2v) is 7.96. The first-order chi connectivity index (χ1) is 10.9. The number of methoxy groups -OCH3 is 1. The summed E-state index contributed by atoms with van der Waals surface area (Å²) in [6, 6.07) is 5.65. The van der Waals surface area contributed by atoms with E-state index in [9.17, 15) is 13.2 Å². The Morgan fingerprint density at radius 3 is 2.57 bits per heavy atom. The molecule has 5 nitrogen and oxygen atoms in total. The van der Waals surface area contributed by atoms with E-state index in [2.05, 4.69) is 0 Å². The fraction of sp³-hybridized carbons (Fsp3) is 0.471. The maximum atomic E-state index is 13.1. The van der Waals surface area contributed by atoms with E-state index < -0.39 is 22.0 Å². The average molecular weight is 335 g/mol. The van der Waals surface area contributed by atoms with Crippen molar-refractivity contribution in [1.29, 1.82) is 0 Å². The molecule has 124 valence electrons. The predicted octanol–water partition coefficient (Wildman–Crippen LogP) is 2.41. The zero-order valence-electron chi connectivity index (χ0n) is 13.4. The Labute approximate surface area is 137 Å². The average Bonchev–Trinajstić information content (AvgIpc) is 2.94. The number of hydrogen-bond acceptors (Lipinski definition) is 4. The molecule has 0 spiro atoms. The van der Waals surface area contributed by atoms with Gasteiger partial charge in [-0.15, -0.1) is 0 Å². The number of ether oxygens (including phenoxy) is 1. The number of sulfonamides is 1. The van der Waals surface area contributed by atoms with Crippen LogP contribution in [0.4, 0.5) is 0 Å². The molecule has 6 heteroatoms. The molecular formula is C17H21NO4S. The lowest BCUT2D eigenvalue weighted by Gasteiger charge is -2.31. The second-order valence-electron chi connectivity index (χ2n) is 6.12. The van der Waals surface area contributed by atoms with Gasteiger partial charge in [0.25, 0.3) is 0 Å². The van der Waals surface area contributed by atoms with Gasteiger partial charge in [-0.25, -0.2) is 13.2 Å². The van der Waals surface area contributed by atoms with E-state index in [1.54, 1.807) is 30.3 Å². The van der Waals surface area contributed by atoms with Gasteiger partial charge in [0.05, 0.1) is 12.0 Å². The summed E-state index contributed by atoms with van der Waals surface area (Å²) in [5.41, 5.74) is 2.04. The standard InChI is InChI=1S/C17H21NO4S/c1-12-7-9-14(10-8-12)23(20,21)18-15-6-4-3-5-13(15)11-16(18)17(19)22-2/h7-11,15-16H,3-6H2,1-2H3/t15-,16-/m1/s1. The molecule has 1 aromatic carbocycles. The van der Waals surface area contributed by atoms with Gasteiger partial charge < -0.3 is 4.74 Å². The first-order valence-corrected chi connectivity index (χ1v) is 9.28. The summed E-state index contributed by atoms with van der Waals surface area (Å²) in [7, 11) is -2.46. The lowest BCUT2D eigenvalue weighted by Crippen LogP contribution is -2.47. The molecule has 0 amide bonds. The Bertz CT molecular complexity index is 736. The Kier molecular flexibility index (Phi) is 4.29. The molecule has 23 heavy (non-hydrogen) atoms. The summed E-state index contributed by atoms with van der Waals surface area (Å²) < 4.78 is 32.4. The van der Waals surface area contributed by atoms with Crippen LogP contribution in [0.15, 0.2) is 40.8 Å². The maximum Gasteiger partial charge on any atom is 0.328 e. The summed E-state index contributed by atoms with van der Waals surface area (Å²) in [5.74, 6) is -0.525. The normalized spacial score (nSPS) is 24.9. The highest BCUT2D eigenvalue weighted by molar-refractivity contribution is 7.89. The Morgan fingerprint density at radius 1 is 1.22 bits per heavy atom. The Balaban J connectivity index is 2.03. The predicted molar refractivity (Wildman–Crippen MR) is 86.3 cm³/mol. The van der Waals surface area contributed by atoms with Crippen LogP contribution in [-0.4, -0.2) is 37.9 Å². The van der Waals surface area contributed by atoms with E-state index in [4.69, 9.17) is 4.74 Å². The Hall–Kier alpha value is -1.66. The van der Waals surface area contributed by atoms with Crippen molar-refractivity contribution in [1.82, 2.24) is 4.31 Å². The number of rotatable bonds is 3. The first-order valence-electron chi connectivity index (χ1n) is 7.84. The van der Waals surface area contributed by atoms with Crippen molar-refractivity contribution >= 4 is 16.0 Å². The minimum atomic E-state index is -3.75. The number of carbonyl (C=O) groups is 1. The minimum absolute atomic E-state index is 0.220. The maximum absolute atomic E-state index is 13.1. The van der Waals surface area contributed by atoms with Gasteiger partial charge in [0, 0.05) is 6.04 Å². The van der Waals surface area contributed by atoms with Gasteiger partial charge in [-0.05, 0) is 38.3 Å². The van der Waals surface area contributed by atoms with Gasteiger partial charge in [-0.3, -0.25) is 0 Å². The highest BCUT2D eigenvalue weighted by Gasteiger charge is 2.46. The second kappa shape index (κ2) is 6.09. The number of carbonyl (C=O) groups excluding carboxylic acids is 1. The monoisotopic (exact) mass is 335 g/mol. The van der Waals surface area contributed by atoms with Crippen LogP contribution in [0.25, 0.3) is 0 Å². The van der Waals surface area contributed by atoms with E-state index in [1.165, 1.54) is 11.4 Å². The molecule has 1 heterocycles. The molecule has 0 aromatic heterocycles. The summed E-state index contributed by atoms with van der Waals surface area (Å²) in [6.45, 7) is 1.91. The van der Waals surface area contributed by atoms with Crippen LogP contribution < -0.4 is 0 Å². The molecule has 2 atom stereocenters. The van der Waals surface area contributed by atoms with Gasteiger partial charge in [0.2, 0.25) is 10.0 Å². The zero-order chi connectivity index (χ0) is 16.6. The highest BCUT2D eigenvalue weighted by atomic mass is 32.2. The van der Waals surface area contributed by atoms with Gasteiger partial charge in [-0.2, -0.15) is 4.31 Å². The van der Waals surface area contributed by atoms with Crippen LogP contribution >= 0.6 is 0 Å². The van der Waals surface area contributed by atoms with Crippen molar-refractivity contribution in [3.05, 3.63) is 41.5 Å². The highest BCUT2D eigenvalue weighted by Crippen LogP contribution is 2.39. The van der Waals surface area contributed by atoms with Crippen molar-refractivity contribution in [2.45, 2.75) is 49.6 Å². The third-order valence-corrected chi connectivity index (χ3v) is 6.52. The molecule has 1 aromatic rings. The van der Waals surface area contributed by atoms with Crippen LogP contribution in [0.1, 0.15) is 31.2 Å². The summed E-state index contributed by atoms with van der Waals surface area (Å²) in [6.07, 6.45) is 5.38. The van der Waals surface area contributed by atoms with Crippen molar-refractivity contribution in [3.63, 3.8) is 0 Å². The summed E-state index contributed by atoms with van der Waals surface area (Å²) in [5, 5.41) is 0. The van der Waals surface area contributed by atoms with E-state index in [1.807, 2.05) is 6.92 Å². The smallest absolute Gasteiger partial charge is 0.328 e. The number of fused-ring (bicyclic) bond motifs is 1. The molecule has 0 unspecified atom stereocenters. The van der Waals surface area contributed by atoms with Crippen molar-refractivity contribution in [2.24, 2.45) is 0 Å². The largest absolute Gasteiger partial charge is 0.468 e. The molecule has 0 saturated heterocycles. The van der Waals surface area contributed by atoms with Crippen LogP contribution in [0.5, 0.6) is 0 Å². The van der Waals surface area contributed by atoms with E-state index in [0.717, 1.165) is 36.8 Å². The van der Waals surface area contributed by atoms with E-state index >= 15 is 0 Å². The molecule has 1 aliphatic carbocycles. The van der Waals surface area contributed by atoms with Gasteiger partial charge in [0.1, 0.15) is 6.04 Å². The summed E-state index contributed by atoms with van der Waals surface area (Å²) >= 11 is 0. The molecule has 1 saturated carbocycles. The molecule has 0 bridgehead atoms. The quantitative estimate of drug-likeness (QED) is 0.628. The summed E-state index contributed by atoms with van der Waals surface area (Å²) in [4.78, 5) is 12.3. The zero-order valence-corrected chi connectivity index (χ0v) is 14.2. The van der Waals surface area contributed by atoms with Crippen molar-refractivity contribution < 1.29 is 17.9 Å². The SMILES string of the molecule is COC(=O)[C@H]1C=C2CCCC[C@H]2N1S(=O)(=O)c1ccc(C)cc1. The number of benzene rings is 1. The Morgan fingerprint density at radius 2 is 1.91 bits per heavy atom. The van der Waals surface area contributed by atoms with Crippen LogP contribution in [0, 0.1) is 6.92 Å². The van der Waals surface area contributed by atoms with Crippen LogP contribution in [-0.2, 0) is 19.6 Å². The fourth-order valence-electron chi connectivity index (χ4n) is 3.42. The number of aryl methyl sites for hydroxylation is 1. The van der Waals surface area contributed by atoms with E-state index in [0.29, 0.717) is 0 Å². The molecule has 2 aliphatic rings. The third kappa shape index (κ3) is 2.81. The number of nitrogens with zero attached hydrogens (tertiary/aromatic N) is 1. The number of hydrogen-bond donors (Lipinski definition) is 0. The number of esters is 1. The van der Waals surface area contributed by atoms with Crippen molar-refractivity contribution in [2.75, 3.05) is 7.11 Å². The van der Waals surface area contributed by atoms with Gasteiger partial charge in [0.15, 0.2) is 0 Å². The van der Waals surface area contributed by atoms with E-state index in [-0.39, 0.29) is 10.9 Å². The van der Waals surface area contributed by atoms with Crippen molar-refractivity contribution in [3.8, 4) is 0 Å². The van der Waals surface area contributed by atoms with Crippen LogP contribution in [0.3, 0.4) is 0 Å². The van der Waals surface area contributed by atoms with Gasteiger partial charge in [-0.1, -0.05) is 35.8 Å². The fourth-order valence-corrected chi connectivity index (χ4v) is 5.16.